The highest BCUT2D eigenvalue weighted by molar-refractivity contribution is 5.27. The number of nitrogens with one attached hydrogen (secondary N) is 1. The lowest BCUT2D eigenvalue weighted by Gasteiger charge is -2.09. The Kier molecular flexibility index (Phi) is 5.69. The molecule has 0 radical (unpaired) electrons. The fourth-order valence-corrected chi connectivity index (χ4v) is 1.99. The van der Waals surface area contributed by atoms with Crippen LogP contribution in [0.1, 0.15) is 24.5 Å². The molecule has 2 rings (SSSR count). The average molecular weight is 291 g/mol. The fourth-order valence-electron chi connectivity index (χ4n) is 1.99. The second kappa shape index (κ2) is 7.74. The van der Waals surface area contributed by atoms with E-state index in [1.807, 2.05) is 24.3 Å². The van der Waals surface area contributed by atoms with Gasteiger partial charge in [-0.05, 0) is 36.2 Å². The van der Waals surface area contributed by atoms with Gasteiger partial charge in [0.2, 0.25) is 0 Å². The van der Waals surface area contributed by atoms with Gasteiger partial charge >= 0.3 is 0 Å². The van der Waals surface area contributed by atoms with Crippen molar-refractivity contribution in [2.75, 3.05) is 6.54 Å². The van der Waals surface area contributed by atoms with Gasteiger partial charge < -0.3 is 10.1 Å². The molecule has 2 aromatic rings. The minimum atomic E-state index is -0.684. The monoisotopic (exact) mass is 291 g/mol. The van der Waals surface area contributed by atoms with Crippen LogP contribution < -0.4 is 10.1 Å². The van der Waals surface area contributed by atoms with Crippen molar-refractivity contribution in [1.29, 1.82) is 0 Å². The van der Waals surface area contributed by atoms with Crippen molar-refractivity contribution in [1.82, 2.24) is 5.32 Å². The van der Waals surface area contributed by atoms with Crippen molar-refractivity contribution in [2.24, 2.45) is 0 Å². The first kappa shape index (κ1) is 15.4. The Labute approximate surface area is 123 Å². The van der Waals surface area contributed by atoms with E-state index in [9.17, 15) is 8.78 Å². The summed E-state index contributed by atoms with van der Waals surface area (Å²) in [5.74, 6) is -1.23. The topological polar surface area (TPSA) is 21.3 Å². The normalized spacial score (nSPS) is 10.6. The van der Waals surface area contributed by atoms with Gasteiger partial charge in [0, 0.05) is 12.6 Å². The highest BCUT2D eigenvalue weighted by Crippen LogP contribution is 2.19. The molecule has 1 N–H and O–H groups in total. The first-order valence-electron chi connectivity index (χ1n) is 7.05. The zero-order chi connectivity index (χ0) is 15.1. The third kappa shape index (κ3) is 4.83. The Morgan fingerprint density at radius 3 is 2.62 bits per heavy atom. The molecule has 0 amide bonds. The largest absolute Gasteiger partial charge is 0.486 e. The molecule has 0 unspecified atom stereocenters. The summed E-state index contributed by atoms with van der Waals surface area (Å²) in [5, 5.41) is 3.33. The molecular formula is C17H19F2NO. The minimum Gasteiger partial charge on any atom is -0.486 e. The zero-order valence-electron chi connectivity index (χ0n) is 12.0. The molecule has 0 aliphatic carbocycles. The van der Waals surface area contributed by atoms with Crippen LogP contribution >= 0.6 is 0 Å². The Balaban J connectivity index is 1.95. The van der Waals surface area contributed by atoms with Crippen molar-refractivity contribution in [3.8, 4) is 5.75 Å². The highest BCUT2D eigenvalue weighted by Gasteiger charge is 2.05. The number of hydrogen-bond acceptors (Lipinski definition) is 2. The van der Waals surface area contributed by atoms with E-state index in [0.29, 0.717) is 0 Å². The summed E-state index contributed by atoms with van der Waals surface area (Å²) in [4.78, 5) is 0. The molecule has 21 heavy (non-hydrogen) atoms. The predicted octanol–water partition coefficient (Wildman–Crippen LogP) is 4.04. The third-order valence-electron chi connectivity index (χ3n) is 3.04. The molecule has 0 saturated heterocycles. The van der Waals surface area contributed by atoms with Gasteiger partial charge in [0.15, 0.2) is 11.6 Å². The van der Waals surface area contributed by atoms with Crippen LogP contribution in [0.5, 0.6) is 5.75 Å². The molecule has 0 aromatic heterocycles. The lowest BCUT2D eigenvalue weighted by atomic mass is 10.1. The average Bonchev–Trinajstić information content (AvgIpc) is 2.47. The van der Waals surface area contributed by atoms with Gasteiger partial charge in [0.25, 0.3) is 0 Å². The van der Waals surface area contributed by atoms with Crippen LogP contribution in [0.25, 0.3) is 0 Å². The molecule has 4 heteroatoms. The fraction of sp³-hybridized carbons (Fsp3) is 0.294. The minimum absolute atomic E-state index is 0.0610. The molecule has 112 valence electrons. The summed E-state index contributed by atoms with van der Waals surface area (Å²) in [5.41, 5.74) is 2.11. The van der Waals surface area contributed by atoms with Crippen LogP contribution in [-0.4, -0.2) is 6.54 Å². The van der Waals surface area contributed by atoms with Crippen LogP contribution in [0.4, 0.5) is 8.78 Å². The Morgan fingerprint density at radius 2 is 1.86 bits per heavy atom. The molecule has 0 bridgehead atoms. The molecule has 0 fully saturated rings. The summed E-state index contributed by atoms with van der Waals surface area (Å²) >= 11 is 0. The van der Waals surface area contributed by atoms with E-state index < -0.39 is 11.6 Å². The second-order valence-corrected chi connectivity index (χ2v) is 4.86. The van der Waals surface area contributed by atoms with E-state index in [2.05, 4.69) is 12.2 Å². The van der Waals surface area contributed by atoms with Crippen molar-refractivity contribution in [2.45, 2.75) is 26.5 Å². The van der Waals surface area contributed by atoms with Crippen molar-refractivity contribution in [3.63, 3.8) is 0 Å². The van der Waals surface area contributed by atoms with Gasteiger partial charge in [0.1, 0.15) is 12.4 Å². The van der Waals surface area contributed by atoms with E-state index >= 15 is 0 Å². The quantitative estimate of drug-likeness (QED) is 0.777. The molecule has 0 spiro atoms. The van der Waals surface area contributed by atoms with Gasteiger partial charge in [-0.25, -0.2) is 8.78 Å². The Morgan fingerprint density at radius 1 is 1.05 bits per heavy atom. The van der Waals surface area contributed by atoms with E-state index in [0.717, 1.165) is 36.7 Å². The van der Waals surface area contributed by atoms with Gasteiger partial charge in [-0.1, -0.05) is 31.2 Å². The van der Waals surface area contributed by atoms with Crippen molar-refractivity contribution >= 4 is 0 Å². The van der Waals surface area contributed by atoms with E-state index in [-0.39, 0.29) is 12.4 Å². The van der Waals surface area contributed by atoms with Crippen LogP contribution in [0.15, 0.2) is 42.5 Å². The highest BCUT2D eigenvalue weighted by atomic mass is 19.1. The van der Waals surface area contributed by atoms with Crippen molar-refractivity contribution in [3.05, 3.63) is 65.2 Å². The Bertz CT molecular complexity index is 587. The molecule has 0 saturated carbocycles. The first-order valence-corrected chi connectivity index (χ1v) is 7.05. The summed E-state index contributed by atoms with van der Waals surface area (Å²) in [6.45, 7) is 4.15. The number of halogens is 2. The van der Waals surface area contributed by atoms with E-state index in [4.69, 9.17) is 4.74 Å². The van der Waals surface area contributed by atoms with Crippen molar-refractivity contribution < 1.29 is 13.5 Å². The first-order chi connectivity index (χ1) is 10.2. The maximum Gasteiger partial charge on any atom is 0.167 e. The smallest absolute Gasteiger partial charge is 0.167 e. The Hall–Kier alpha value is -1.94. The maximum atomic E-state index is 13.5. The van der Waals surface area contributed by atoms with Gasteiger partial charge in [-0.15, -0.1) is 0 Å². The number of rotatable bonds is 7. The zero-order valence-corrected chi connectivity index (χ0v) is 12.0. The molecule has 0 aliphatic rings. The van der Waals surface area contributed by atoms with Crippen LogP contribution in [-0.2, 0) is 13.2 Å². The van der Waals surface area contributed by atoms with Crippen LogP contribution in [0, 0.1) is 11.6 Å². The van der Waals surface area contributed by atoms with Crippen LogP contribution in [0.3, 0.4) is 0 Å². The van der Waals surface area contributed by atoms with Crippen LogP contribution in [0.2, 0.25) is 0 Å². The lowest BCUT2D eigenvalue weighted by Crippen LogP contribution is -2.13. The summed E-state index contributed by atoms with van der Waals surface area (Å²) in [6, 6.07) is 11.2. The van der Waals surface area contributed by atoms with E-state index in [1.165, 1.54) is 12.1 Å². The SMILES string of the molecule is CCCNCc1cccc(COc2ccc(F)cc2F)c1. The van der Waals surface area contributed by atoms with Gasteiger partial charge in [-0.2, -0.15) is 0 Å². The van der Waals surface area contributed by atoms with E-state index in [1.54, 1.807) is 0 Å². The molecule has 0 heterocycles. The van der Waals surface area contributed by atoms with Gasteiger partial charge in [-0.3, -0.25) is 0 Å². The standard InChI is InChI=1S/C17H19F2NO/c1-2-8-20-11-13-4-3-5-14(9-13)12-21-17-7-6-15(18)10-16(17)19/h3-7,9-10,20H,2,8,11-12H2,1H3. The molecule has 2 nitrogen and oxygen atoms in total. The number of benzene rings is 2. The molecular weight excluding hydrogens is 272 g/mol. The summed E-state index contributed by atoms with van der Waals surface area (Å²) in [6.07, 6.45) is 1.09. The number of ether oxygens (including phenoxy) is 1. The lowest BCUT2D eigenvalue weighted by molar-refractivity contribution is 0.289. The van der Waals surface area contributed by atoms with Gasteiger partial charge in [0.05, 0.1) is 0 Å². The predicted molar refractivity (Wildman–Crippen MR) is 79.1 cm³/mol. The molecule has 0 aliphatic heterocycles. The number of hydrogen-bond donors (Lipinski definition) is 1. The molecule has 0 atom stereocenters. The second-order valence-electron chi connectivity index (χ2n) is 4.86. The molecule has 2 aromatic carbocycles. The summed E-state index contributed by atoms with van der Waals surface area (Å²) in [7, 11) is 0. The third-order valence-corrected chi connectivity index (χ3v) is 3.04. The summed E-state index contributed by atoms with van der Waals surface area (Å²) < 4.78 is 31.7. The maximum absolute atomic E-state index is 13.5.